The second kappa shape index (κ2) is 42.5. The minimum Gasteiger partial charge on any atom is -0.478 e. The lowest BCUT2D eigenvalue weighted by Gasteiger charge is -2.20. The van der Waals surface area contributed by atoms with Gasteiger partial charge in [-0.3, -0.25) is 33.3 Å². The topological polar surface area (TPSA) is 400 Å². The second-order valence-electron chi connectivity index (χ2n) is 27.3. The predicted octanol–water partition coefficient (Wildman–Crippen LogP) is 23.8. The van der Waals surface area contributed by atoms with Crippen molar-refractivity contribution < 1.29 is 73.1 Å². The van der Waals surface area contributed by atoms with E-state index >= 15 is 0 Å². The number of rotatable bonds is 20. The number of thiophene rings is 5. The van der Waals surface area contributed by atoms with Gasteiger partial charge in [-0.25, -0.2) is 38.3 Å². The van der Waals surface area contributed by atoms with E-state index in [4.69, 9.17) is 39.5 Å². The highest BCUT2D eigenvalue weighted by molar-refractivity contribution is 9.11. The summed E-state index contributed by atoms with van der Waals surface area (Å²) in [5, 5.41) is 70.8. The Morgan fingerprint density at radius 3 is 1.02 bits per heavy atom. The van der Waals surface area contributed by atoms with Crippen LogP contribution in [0.15, 0.2) is 203 Å². The third-order valence-corrected chi connectivity index (χ3v) is 27.0. The zero-order valence-electron chi connectivity index (χ0n) is 66.3. The highest BCUT2D eigenvalue weighted by Gasteiger charge is 2.31. The molecule has 0 radical (unpaired) electrons. The minimum atomic E-state index is -1.12. The zero-order valence-corrected chi connectivity index (χ0v) is 80.6. The van der Waals surface area contributed by atoms with Gasteiger partial charge in [-0.1, -0.05) is 159 Å². The van der Waals surface area contributed by atoms with E-state index in [-0.39, 0.29) is 71.2 Å². The van der Waals surface area contributed by atoms with Gasteiger partial charge in [0.25, 0.3) is 29.5 Å². The summed E-state index contributed by atoms with van der Waals surface area (Å²) in [4.78, 5) is 131. The number of aryl methyl sites for hydroxylation is 5. The molecule has 15 aromatic rings. The van der Waals surface area contributed by atoms with Crippen molar-refractivity contribution >= 4 is 262 Å². The summed E-state index contributed by atoms with van der Waals surface area (Å²) in [6, 6.07) is 36.4. The van der Waals surface area contributed by atoms with Crippen LogP contribution in [0.3, 0.4) is 0 Å². The molecule has 0 fully saturated rings. The number of carboxylic acids is 4. The van der Waals surface area contributed by atoms with Gasteiger partial charge in [-0.05, 0) is 140 Å². The summed E-state index contributed by atoms with van der Waals surface area (Å²) in [6.45, 7) is 8.91. The molecule has 646 valence electrons. The van der Waals surface area contributed by atoms with Crippen LogP contribution >= 0.6 is 178 Å². The average Bonchev–Trinajstić information content (AvgIpc) is 1.67. The third-order valence-electron chi connectivity index (χ3n) is 17.4. The van der Waals surface area contributed by atoms with Gasteiger partial charge >= 0.3 is 29.8 Å². The highest BCUT2D eigenvalue weighted by atomic mass is 79.9. The molecule has 0 spiro atoms. The molecular formula is C84H64Br4Cl3N13O15S7. The Hall–Kier alpha value is -11.0. The lowest BCUT2D eigenvalue weighted by Crippen LogP contribution is -2.25. The van der Waals surface area contributed by atoms with Crippen LogP contribution in [-0.4, -0.2) is 124 Å². The van der Waals surface area contributed by atoms with E-state index < -0.39 is 53.2 Å². The summed E-state index contributed by atoms with van der Waals surface area (Å²) in [5.74, 6) is -7.00. The first-order valence-corrected chi connectivity index (χ1v) is 46.4. The molecule has 9 N–H and O–H groups in total. The molecule has 28 nitrogen and oxygen atoms in total. The standard InChI is InChI=1S/C20H19BrClN3O3S.C16H11BrClN3O3S.C16H12BrN3O3S.C16H11BrN2O3S2.C16H11ClN2O3S2/c1-20(2,3)28-19(27)15-14(11-5-7-12(21)8-6-11)10-29-18(15)24-17(26)13-9-23-25(4)16(13)22;1-21-13(18)10(6-19-21)14(22)20-15-12(16(23)24)11(7-25-15)8-2-4-9(17)5-3-8;1-20-6-12(18-8-20)14(21)19-15-13(16(22)23)11(7-24-15)9-2-4-10(17)5-3-9;1-8-13(24-7-18-8)14(20)19-15-12(16(21)22)11(6-23-15)9-2-4-10(17)5-3-9;1-8-6-18-24-13(8)14(20)19-15-12(16(21)22)11(7-23-15)9-2-4-10(17)5-3-9/h5-10H,1-4H3,(H,24,26);2-7H,1H3,(H,20,22)(H,23,24);2-8H,1H3,(H,19,21)(H,22,23);2*2-7H,1H3,(H,19,20)(H,21,22). The molecule has 0 aliphatic carbocycles. The molecule has 126 heavy (non-hydrogen) atoms. The van der Waals surface area contributed by atoms with E-state index in [9.17, 15) is 68.4 Å². The molecular weight excluding hydrogens is 2080 g/mol. The maximum Gasteiger partial charge on any atom is 0.342 e. The van der Waals surface area contributed by atoms with Crippen LogP contribution in [-0.2, 0) is 25.9 Å². The van der Waals surface area contributed by atoms with Gasteiger partial charge in [0.1, 0.15) is 84.2 Å². The number of nitrogens with one attached hydrogen (secondary N) is 5. The summed E-state index contributed by atoms with van der Waals surface area (Å²) in [7, 11) is 5.00. The Bertz CT molecular complexity index is 6460. The molecule has 10 heterocycles. The monoisotopic (exact) mass is 2140 g/mol. The fourth-order valence-electron chi connectivity index (χ4n) is 11.4. The molecule has 0 aliphatic rings. The molecule has 10 aromatic heterocycles. The quantitative estimate of drug-likeness (QED) is 0.0320. The van der Waals surface area contributed by atoms with E-state index in [1.807, 2.05) is 102 Å². The van der Waals surface area contributed by atoms with Crippen molar-refractivity contribution in [3.8, 4) is 55.6 Å². The van der Waals surface area contributed by atoms with Crippen molar-refractivity contribution in [2.24, 2.45) is 21.1 Å². The van der Waals surface area contributed by atoms with Gasteiger partial charge < -0.3 is 56.3 Å². The molecule has 5 amide bonds. The van der Waals surface area contributed by atoms with Crippen LogP contribution in [0.5, 0.6) is 0 Å². The number of hydrogen-bond donors (Lipinski definition) is 9. The molecule has 0 bridgehead atoms. The van der Waals surface area contributed by atoms with Crippen molar-refractivity contribution in [3.63, 3.8) is 0 Å². The van der Waals surface area contributed by atoms with Crippen molar-refractivity contribution in [1.82, 2.24) is 38.5 Å². The number of amides is 5. The normalized spacial score (nSPS) is 10.8. The van der Waals surface area contributed by atoms with Gasteiger partial charge in [0.15, 0.2) is 0 Å². The number of nitrogens with zero attached hydrogens (tertiary/aromatic N) is 8. The molecule has 0 atom stereocenters. The fourth-order valence-corrected chi connectivity index (χ4v) is 19.0. The lowest BCUT2D eigenvalue weighted by molar-refractivity contribution is 0.00707. The van der Waals surface area contributed by atoms with Crippen LogP contribution in [0, 0.1) is 13.8 Å². The SMILES string of the molecule is Cc1cnsc1C(=O)Nc1scc(-c2ccc(Cl)cc2)c1C(=O)O.Cc1ncsc1C(=O)Nc1scc(-c2ccc(Br)cc2)c1C(=O)O.Cn1cnc(C(=O)Nc2scc(-c3ccc(Br)cc3)c2C(=O)O)c1.Cn1ncc(C(=O)Nc2scc(-c3ccc(Br)cc3)c2C(=O)O)c1Cl.Cn1ncc(C(=O)Nc2scc(-c3ccc(Br)cc3)c2C(=O)OC(C)(C)C)c1Cl. The first kappa shape index (κ1) is 95.6. The van der Waals surface area contributed by atoms with Crippen molar-refractivity contribution in [3.05, 3.63) is 284 Å². The van der Waals surface area contributed by atoms with Crippen LogP contribution < -0.4 is 26.6 Å². The Balaban J connectivity index is 0.000000153. The average molecular weight is 2150 g/mol. The first-order chi connectivity index (χ1) is 59.8. The number of thiazole rings is 1. The van der Waals surface area contributed by atoms with Gasteiger partial charge in [0, 0.05) is 111 Å². The maximum absolute atomic E-state index is 13.0. The smallest absolute Gasteiger partial charge is 0.342 e. The van der Waals surface area contributed by atoms with E-state index in [0.29, 0.717) is 68.9 Å². The Morgan fingerprint density at radius 2 is 0.730 bits per heavy atom. The number of hydrogen-bond acceptors (Lipinski definition) is 23. The van der Waals surface area contributed by atoms with Crippen LogP contribution in [0.1, 0.15) is 134 Å². The Kier molecular flexibility index (Phi) is 32.3. The Morgan fingerprint density at radius 1 is 0.413 bits per heavy atom. The van der Waals surface area contributed by atoms with Gasteiger partial charge in [-0.15, -0.1) is 68.0 Å². The van der Waals surface area contributed by atoms with Gasteiger partial charge in [0.05, 0.1) is 41.1 Å². The number of aromatic nitrogens is 8. The Labute approximate surface area is 793 Å². The molecule has 0 aliphatic heterocycles. The van der Waals surface area contributed by atoms with E-state index in [1.165, 1.54) is 84.8 Å². The number of carbonyl (C=O) groups is 10. The van der Waals surface area contributed by atoms with Gasteiger partial charge in [0.2, 0.25) is 0 Å². The summed E-state index contributed by atoms with van der Waals surface area (Å²) >= 11 is 39.7. The molecule has 15 rings (SSSR count). The molecule has 42 heteroatoms. The third kappa shape index (κ3) is 23.8. The largest absolute Gasteiger partial charge is 0.478 e. The van der Waals surface area contributed by atoms with Crippen LogP contribution in [0.25, 0.3) is 55.6 Å². The number of halogens is 7. The first-order valence-electron chi connectivity index (χ1n) is 36.1. The number of anilines is 5. The number of aromatic carboxylic acids is 4. The number of imidazole rings is 1. The molecule has 0 saturated heterocycles. The van der Waals surface area contributed by atoms with E-state index in [1.54, 1.807) is 124 Å². The lowest BCUT2D eigenvalue weighted by atomic mass is 10.0. The zero-order chi connectivity index (χ0) is 91.3. The number of benzene rings is 5. The maximum atomic E-state index is 13.0. The highest BCUT2D eigenvalue weighted by Crippen LogP contribution is 2.43. The summed E-state index contributed by atoms with van der Waals surface area (Å²) in [5.41, 5.74) is 10.3. The van der Waals surface area contributed by atoms with Crippen molar-refractivity contribution in [2.45, 2.75) is 40.2 Å². The van der Waals surface area contributed by atoms with Crippen LogP contribution in [0.4, 0.5) is 25.0 Å². The van der Waals surface area contributed by atoms with Gasteiger partial charge in [-0.2, -0.15) is 10.2 Å². The number of esters is 1. The summed E-state index contributed by atoms with van der Waals surface area (Å²) in [6.07, 6.45) is 7.40. The molecule has 0 unspecified atom stereocenters. The fraction of sp³-hybridized carbons (Fsp3) is 0.107. The number of ether oxygens (including phenoxy) is 1. The predicted molar refractivity (Wildman–Crippen MR) is 511 cm³/mol. The second-order valence-corrected chi connectivity index (χ2v) is 38.1. The van der Waals surface area contributed by atoms with E-state index in [0.717, 1.165) is 74.1 Å². The molecule has 5 aromatic carbocycles. The molecule has 0 saturated carbocycles. The van der Waals surface area contributed by atoms with Crippen molar-refractivity contribution in [2.75, 3.05) is 26.6 Å². The minimum absolute atomic E-state index is 0.0423. The van der Waals surface area contributed by atoms with Crippen LogP contribution in [0.2, 0.25) is 15.3 Å². The summed E-state index contributed by atoms with van der Waals surface area (Å²) < 4.78 is 17.6. The number of carboxylic acid groups (broad SMARTS) is 4. The van der Waals surface area contributed by atoms with Crippen molar-refractivity contribution in [1.29, 1.82) is 0 Å². The number of carbonyl (C=O) groups excluding carboxylic acids is 6. The van der Waals surface area contributed by atoms with E-state index in [2.05, 4.69) is 115 Å².